The Labute approximate surface area is 234 Å². The van der Waals surface area contributed by atoms with Gasteiger partial charge in [-0.1, -0.05) is 24.3 Å². The second-order valence-corrected chi connectivity index (χ2v) is 12.2. The van der Waals surface area contributed by atoms with Crippen LogP contribution in [0.1, 0.15) is 60.4 Å². The number of likely N-dealkylation sites (tertiary alicyclic amines) is 1. The molecule has 2 aromatic rings. The van der Waals surface area contributed by atoms with Gasteiger partial charge in [-0.25, -0.2) is 8.42 Å². The van der Waals surface area contributed by atoms with Gasteiger partial charge in [-0.05, 0) is 73.5 Å². The Kier molecular flexibility index (Phi) is 9.36. The second kappa shape index (κ2) is 12.3. The Morgan fingerprint density at radius 2 is 1.80 bits per heavy atom. The van der Waals surface area contributed by atoms with Crippen LogP contribution < -0.4 is 10.0 Å². The van der Waals surface area contributed by atoms with E-state index in [0.717, 1.165) is 54.6 Å². The van der Waals surface area contributed by atoms with Gasteiger partial charge in [0.25, 0.3) is 0 Å². The summed E-state index contributed by atoms with van der Waals surface area (Å²) in [5, 5.41) is 12.5. The Morgan fingerprint density at radius 1 is 1.05 bits per heavy atom. The Hall–Kier alpha value is -2.68. The van der Waals surface area contributed by atoms with Gasteiger partial charge < -0.3 is 10.4 Å². The highest BCUT2D eigenvalue weighted by molar-refractivity contribution is 7.89. The number of nitrogens with zero attached hydrogens (tertiary/aromatic N) is 1. The Morgan fingerprint density at radius 3 is 2.49 bits per heavy atom. The highest BCUT2D eigenvalue weighted by atomic mass is 32.2. The number of alkyl halides is 6. The molecule has 1 heterocycles. The van der Waals surface area contributed by atoms with Gasteiger partial charge in [0.15, 0.2) is 0 Å². The number of nitrogens with one attached hydrogen (secondary N) is 2. The van der Waals surface area contributed by atoms with Crippen molar-refractivity contribution >= 4 is 15.9 Å². The number of fused-ring (bicyclic) bond motifs is 1. The normalized spacial score (nSPS) is 21.2. The van der Waals surface area contributed by atoms with Crippen LogP contribution in [0.5, 0.6) is 0 Å². The predicted octanol–water partition coefficient (Wildman–Crippen LogP) is 4.46. The van der Waals surface area contributed by atoms with E-state index in [1.807, 2.05) is 18.2 Å². The van der Waals surface area contributed by atoms with Gasteiger partial charge in [0.2, 0.25) is 15.9 Å². The number of sulfonamides is 1. The van der Waals surface area contributed by atoms with Gasteiger partial charge in [-0.15, -0.1) is 0 Å². The van der Waals surface area contributed by atoms with Gasteiger partial charge in [0, 0.05) is 13.1 Å². The van der Waals surface area contributed by atoms with E-state index in [0.29, 0.717) is 32.0 Å². The number of hydrogen-bond acceptors (Lipinski definition) is 5. The van der Waals surface area contributed by atoms with Gasteiger partial charge in [-0.2, -0.15) is 31.1 Å². The molecule has 7 nitrogen and oxygen atoms in total. The van der Waals surface area contributed by atoms with E-state index in [1.165, 1.54) is 4.72 Å². The van der Waals surface area contributed by atoms with Crippen LogP contribution in [-0.4, -0.2) is 55.7 Å². The number of piperidine rings is 1. The summed E-state index contributed by atoms with van der Waals surface area (Å²) in [6.45, 7) is 2.08. The first-order chi connectivity index (χ1) is 19.1. The highest BCUT2D eigenvalue weighted by Gasteiger charge is 2.44. The van der Waals surface area contributed by atoms with Crippen LogP contribution in [0.2, 0.25) is 0 Å². The maximum absolute atomic E-state index is 13.8. The van der Waals surface area contributed by atoms with Crippen molar-refractivity contribution in [3.8, 4) is 0 Å². The summed E-state index contributed by atoms with van der Waals surface area (Å²) in [4.78, 5) is 13.9. The van der Waals surface area contributed by atoms with Crippen LogP contribution >= 0.6 is 0 Å². The quantitative estimate of drug-likeness (QED) is 0.385. The molecule has 1 saturated heterocycles. The van der Waals surface area contributed by atoms with Crippen LogP contribution in [0, 0.1) is 0 Å². The molecule has 4 rings (SSSR count). The molecular weight excluding hydrogens is 576 g/mol. The Balaban J connectivity index is 1.44. The summed E-state index contributed by atoms with van der Waals surface area (Å²) in [5.41, 5.74) is 1.40. The first-order valence-corrected chi connectivity index (χ1v) is 14.7. The molecule has 1 fully saturated rings. The lowest BCUT2D eigenvalue weighted by atomic mass is 9.86. The van der Waals surface area contributed by atoms with Crippen molar-refractivity contribution in [3.05, 3.63) is 64.7 Å². The molecule has 41 heavy (non-hydrogen) atoms. The van der Waals surface area contributed by atoms with Crippen molar-refractivity contribution in [3.63, 3.8) is 0 Å². The number of hydrogen-bond donors (Lipinski definition) is 3. The molecule has 2 aromatic carbocycles. The van der Waals surface area contributed by atoms with Gasteiger partial charge in [0.05, 0.1) is 29.0 Å². The fourth-order valence-corrected chi connectivity index (χ4v) is 6.57. The summed E-state index contributed by atoms with van der Waals surface area (Å²) in [6, 6.07) is 4.61. The van der Waals surface area contributed by atoms with Crippen molar-refractivity contribution < 1.29 is 44.7 Å². The summed E-state index contributed by atoms with van der Waals surface area (Å²) >= 11 is 0. The van der Waals surface area contributed by atoms with Crippen LogP contribution in [0.25, 0.3) is 0 Å². The maximum Gasteiger partial charge on any atom is 0.416 e. The Bertz CT molecular complexity index is 1350. The van der Waals surface area contributed by atoms with Crippen molar-refractivity contribution in [2.45, 2.75) is 80.5 Å². The number of amides is 1. The number of aliphatic hydroxyl groups is 1. The van der Waals surface area contributed by atoms with E-state index < -0.39 is 57.2 Å². The third-order valence-electron chi connectivity index (χ3n) is 7.30. The molecule has 1 aliphatic carbocycles. The maximum atomic E-state index is 13.8. The number of aryl methyl sites for hydroxylation is 1. The van der Waals surface area contributed by atoms with E-state index in [1.54, 1.807) is 0 Å². The van der Waals surface area contributed by atoms with Crippen molar-refractivity contribution in [2.24, 2.45) is 0 Å². The van der Waals surface area contributed by atoms with Gasteiger partial charge in [-0.3, -0.25) is 9.69 Å². The highest BCUT2D eigenvalue weighted by Crippen LogP contribution is 2.33. The molecule has 226 valence electrons. The third-order valence-corrected chi connectivity index (χ3v) is 8.77. The zero-order valence-corrected chi connectivity index (χ0v) is 22.7. The van der Waals surface area contributed by atoms with E-state index in [9.17, 15) is 44.7 Å². The lowest BCUT2D eigenvalue weighted by molar-refractivity contribution is -0.158. The van der Waals surface area contributed by atoms with Crippen LogP contribution in [0.15, 0.2) is 47.4 Å². The molecular formula is C27H31F6N3O4S. The lowest BCUT2D eigenvalue weighted by Gasteiger charge is -2.31. The molecule has 1 amide bonds. The number of halogens is 6. The summed E-state index contributed by atoms with van der Waals surface area (Å²) in [6.07, 6.45) is -8.20. The zero-order valence-electron chi connectivity index (χ0n) is 21.9. The number of rotatable bonds is 8. The van der Waals surface area contributed by atoms with E-state index in [-0.39, 0.29) is 12.2 Å². The summed E-state index contributed by atoms with van der Waals surface area (Å²) in [5.74, 6) is -1.05. The number of carbonyl (C=O) groups is 1. The minimum atomic E-state index is -5.19. The monoisotopic (exact) mass is 607 g/mol. The first-order valence-electron chi connectivity index (χ1n) is 13.2. The molecule has 0 bridgehead atoms. The molecule has 0 aromatic heterocycles. The molecule has 0 radical (unpaired) electrons. The van der Waals surface area contributed by atoms with Crippen LogP contribution in [0.3, 0.4) is 0 Å². The topological polar surface area (TPSA) is 98.7 Å². The van der Waals surface area contributed by atoms with Gasteiger partial charge >= 0.3 is 12.4 Å². The molecule has 0 saturated carbocycles. The smallest absolute Gasteiger partial charge is 0.392 e. The van der Waals surface area contributed by atoms with E-state index in [2.05, 4.69) is 10.2 Å². The SMILES string of the molecule is O=C(C[C@H](NS(=O)(=O)c1cccc(C(F)(F)F)c1)C(F)(F)F)N[C@@H]1CCCc2cc(CN3CCC[C@H](O)C3)ccc21. The largest absolute Gasteiger partial charge is 0.416 e. The molecule has 14 heteroatoms. The molecule has 0 spiro atoms. The molecule has 3 N–H and O–H groups in total. The second-order valence-electron chi connectivity index (χ2n) is 10.5. The average Bonchev–Trinajstić information content (AvgIpc) is 2.87. The molecule has 1 aliphatic heterocycles. The fraction of sp³-hybridized carbons (Fsp3) is 0.519. The lowest BCUT2D eigenvalue weighted by Crippen LogP contribution is -2.48. The third kappa shape index (κ3) is 8.21. The van der Waals surface area contributed by atoms with Crippen LogP contribution in [0.4, 0.5) is 26.3 Å². The number of benzene rings is 2. The minimum absolute atomic E-state index is 0.233. The standard InChI is InChI=1S/C27H31F6N3O4S/c28-26(29,30)19-5-2-7-21(13-19)41(39,40)35-24(27(31,32)33)14-25(38)34-23-8-1-4-18-12-17(9-10-22(18)23)15-36-11-3-6-20(37)16-36/h2,5,7,9-10,12-13,20,23-24,35,37H,1,3-4,6,8,11,14-16H2,(H,34,38)/t20-,23+,24-/m0/s1. The van der Waals surface area contributed by atoms with Crippen molar-refractivity contribution in [1.82, 2.24) is 14.9 Å². The molecule has 0 unspecified atom stereocenters. The van der Waals surface area contributed by atoms with Crippen LogP contribution in [-0.2, 0) is 34.0 Å². The molecule has 3 atom stereocenters. The number of carbonyl (C=O) groups excluding carboxylic acids is 1. The average molecular weight is 608 g/mol. The zero-order chi connectivity index (χ0) is 30.0. The summed E-state index contributed by atoms with van der Waals surface area (Å²) < 4.78 is 107. The predicted molar refractivity (Wildman–Crippen MR) is 137 cm³/mol. The van der Waals surface area contributed by atoms with Gasteiger partial charge in [0.1, 0.15) is 6.04 Å². The van der Waals surface area contributed by atoms with Crippen molar-refractivity contribution in [1.29, 1.82) is 0 Å². The summed E-state index contributed by atoms with van der Waals surface area (Å²) in [7, 11) is -5.04. The van der Waals surface area contributed by atoms with Crippen molar-refractivity contribution in [2.75, 3.05) is 13.1 Å². The molecule has 2 aliphatic rings. The number of β-amino-alcohol motifs (C(OH)–C–C–N with tert-alkyl or cyclic N) is 1. The van der Waals surface area contributed by atoms with E-state index >= 15 is 0 Å². The fourth-order valence-electron chi connectivity index (χ4n) is 5.31. The minimum Gasteiger partial charge on any atom is -0.392 e. The first kappa shape index (κ1) is 31.3. The number of aliphatic hydroxyl groups excluding tert-OH is 1. The van der Waals surface area contributed by atoms with E-state index in [4.69, 9.17) is 0 Å².